The molecule has 0 aromatic heterocycles. The maximum atomic E-state index is 13.6. The zero-order valence-corrected chi connectivity index (χ0v) is 10.7. The first-order valence-electron chi connectivity index (χ1n) is 5.97. The van der Waals surface area contributed by atoms with E-state index in [0.29, 0.717) is 0 Å². The van der Waals surface area contributed by atoms with Gasteiger partial charge >= 0.3 is 0 Å². The zero-order valence-electron chi connectivity index (χ0n) is 10.7. The molecule has 0 radical (unpaired) electrons. The van der Waals surface area contributed by atoms with E-state index in [2.05, 4.69) is 5.32 Å². The smallest absolute Gasteiger partial charge is 0.271 e. The van der Waals surface area contributed by atoms with Crippen molar-refractivity contribution in [1.82, 2.24) is 0 Å². The Bertz CT molecular complexity index is 629. The predicted molar refractivity (Wildman–Crippen MR) is 73.2 cm³/mol. The van der Waals surface area contributed by atoms with Crippen molar-refractivity contribution in [1.29, 1.82) is 0 Å². The van der Waals surface area contributed by atoms with Gasteiger partial charge in [0.1, 0.15) is 11.6 Å². The van der Waals surface area contributed by atoms with E-state index in [0.717, 1.165) is 23.8 Å². The fourth-order valence-corrected chi connectivity index (χ4v) is 1.82. The van der Waals surface area contributed by atoms with Crippen molar-refractivity contribution in [3.05, 3.63) is 64.0 Å². The maximum absolute atomic E-state index is 13.6. The summed E-state index contributed by atoms with van der Waals surface area (Å²) in [5, 5.41) is 22.8. The minimum Gasteiger partial charge on any atom is -0.508 e. The number of hydrogen-bond donors (Lipinski definition) is 2. The van der Waals surface area contributed by atoms with Crippen LogP contribution in [0.4, 0.5) is 15.8 Å². The van der Waals surface area contributed by atoms with Crippen molar-refractivity contribution in [3.8, 4) is 5.75 Å². The molecule has 2 rings (SSSR count). The lowest BCUT2D eigenvalue weighted by Crippen LogP contribution is -2.08. The van der Waals surface area contributed by atoms with Crippen molar-refractivity contribution >= 4 is 11.4 Å². The Balaban J connectivity index is 2.22. The molecule has 0 aliphatic rings. The molecule has 0 bridgehead atoms. The van der Waals surface area contributed by atoms with Gasteiger partial charge in [-0.1, -0.05) is 12.1 Å². The van der Waals surface area contributed by atoms with E-state index in [-0.39, 0.29) is 23.2 Å². The number of nitro groups is 1. The average molecular weight is 276 g/mol. The summed E-state index contributed by atoms with van der Waals surface area (Å²) in [4.78, 5) is 10.1. The van der Waals surface area contributed by atoms with E-state index in [1.165, 1.54) is 12.1 Å². The van der Waals surface area contributed by atoms with Crippen molar-refractivity contribution in [2.75, 3.05) is 5.32 Å². The second kappa shape index (κ2) is 5.56. The van der Waals surface area contributed by atoms with Gasteiger partial charge in [-0.25, -0.2) is 4.39 Å². The summed E-state index contributed by atoms with van der Waals surface area (Å²) in [6, 6.07) is 9.52. The average Bonchev–Trinajstić information content (AvgIpc) is 2.41. The fraction of sp³-hybridized carbons (Fsp3) is 0.143. The number of hydrogen-bond acceptors (Lipinski definition) is 4. The highest BCUT2D eigenvalue weighted by molar-refractivity contribution is 5.53. The molecule has 20 heavy (non-hydrogen) atoms. The Morgan fingerprint density at radius 1 is 1.25 bits per heavy atom. The van der Waals surface area contributed by atoms with Gasteiger partial charge < -0.3 is 10.4 Å². The summed E-state index contributed by atoms with van der Waals surface area (Å²) < 4.78 is 13.6. The highest BCUT2D eigenvalue weighted by Crippen LogP contribution is 2.26. The van der Waals surface area contributed by atoms with Gasteiger partial charge in [0.25, 0.3) is 5.69 Å². The number of phenolic OH excluding ortho intramolecular Hbond substituents is 1. The van der Waals surface area contributed by atoms with E-state index >= 15 is 0 Å². The molecule has 2 N–H and O–H groups in total. The third-order valence-corrected chi connectivity index (χ3v) is 2.93. The summed E-state index contributed by atoms with van der Waals surface area (Å²) in [5.74, 6) is -0.413. The van der Waals surface area contributed by atoms with E-state index in [4.69, 9.17) is 0 Å². The molecule has 1 atom stereocenters. The number of nitrogens with zero attached hydrogens (tertiary/aromatic N) is 1. The van der Waals surface area contributed by atoms with Gasteiger partial charge in [0, 0.05) is 18.2 Å². The standard InChI is InChI=1S/C14H13FN2O3/c1-9(10-2-5-12(18)6-3-10)16-14-8-11(17(19)20)4-7-13(14)15/h2-9,16,18H,1H3. The Morgan fingerprint density at radius 3 is 2.50 bits per heavy atom. The Morgan fingerprint density at radius 2 is 1.90 bits per heavy atom. The van der Waals surface area contributed by atoms with Gasteiger partial charge in [-0.05, 0) is 30.7 Å². The van der Waals surface area contributed by atoms with Crippen LogP contribution in [-0.2, 0) is 0 Å². The number of aromatic hydroxyl groups is 1. The van der Waals surface area contributed by atoms with Gasteiger partial charge in [0.05, 0.1) is 10.6 Å². The predicted octanol–water partition coefficient (Wildman–Crippen LogP) is 3.61. The van der Waals surface area contributed by atoms with Crippen molar-refractivity contribution < 1.29 is 14.4 Å². The number of rotatable bonds is 4. The highest BCUT2D eigenvalue weighted by Gasteiger charge is 2.13. The first-order chi connectivity index (χ1) is 9.47. The number of phenols is 1. The minimum atomic E-state index is -0.574. The van der Waals surface area contributed by atoms with Gasteiger partial charge in [-0.15, -0.1) is 0 Å². The van der Waals surface area contributed by atoms with Crippen LogP contribution in [0.3, 0.4) is 0 Å². The molecule has 0 amide bonds. The number of anilines is 1. The molecule has 0 saturated heterocycles. The quantitative estimate of drug-likeness (QED) is 0.660. The highest BCUT2D eigenvalue weighted by atomic mass is 19.1. The number of non-ortho nitro benzene ring substituents is 1. The third kappa shape index (κ3) is 3.03. The van der Waals surface area contributed by atoms with Crippen LogP contribution in [0.1, 0.15) is 18.5 Å². The zero-order chi connectivity index (χ0) is 14.7. The first kappa shape index (κ1) is 13.8. The molecule has 1 unspecified atom stereocenters. The molecule has 0 spiro atoms. The van der Waals surface area contributed by atoms with E-state index < -0.39 is 10.7 Å². The van der Waals surface area contributed by atoms with Crippen LogP contribution in [0.15, 0.2) is 42.5 Å². The lowest BCUT2D eigenvalue weighted by molar-refractivity contribution is -0.384. The van der Waals surface area contributed by atoms with Gasteiger partial charge in [-0.3, -0.25) is 10.1 Å². The SMILES string of the molecule is CC(Nc1cc([N+](=O)[O-])ccc1F)c1ccc(O)cc1. The number of benzene rings is 2. The Kier molecular flexibility index (Phi) is 3.84. The summed E-state index contributed by atoms with van der Waals surface area (Å²) >= 11 is 0. The molecular formula is C14H13FN2O3. The van der Waals surface area contributed by atoms with E-state index in [9.17, 15) is 19.6 Å². The van der Waals surface area contributed by atoms with Gasteiger partial charge in [0.2, 0.25) is 0 Å². The van der Waals surface area contributed by atoms with Crippen molar-refractivity contribution in [2.24, 2.45) is 0 Å². The van der Waals surface area contributed by atoms with Crippen LogP contribution in [0.2, 0.25) is 0 Å². The molecule has 0 fully saturated rings. The van der Waals surface area contributed by atoms with Crippen LogP contribution >= 0.6 is 0 Å². The molecule has 2 aromatic carbocycles. The second-order valence-electron chi connectivity index (χ2n) is 4.38. The van der Waals surface area contributed by atoms with E-state index in [1.807, 2.05) is 0 Å². The summed E-state index contributed by atoms with van der Waals surface area (Å²) in [6.07, 6.45) is 0. The monoisotopic (exact) mass is 276 g/mol. The van der Waals surface area contributed by atoms with Crippen molar-refractivity contribution in [2.45, 2.75) is 13.0 Å². The lowest BCUT2D eigenvalue weighted by Gasteiger charge is -2.16. The Labute approximate surface area is 114 Å². The van der Waals surface area contributed by atoms with Gasteiger partial charge in [-0.2, -0.15) is 0 Å². The summed E-state index contributed by atoms with van der Waals surface area (Å²) in [6.45, 7) is 1.80. The molecule has 5 nitrogen and oxygen atoms in total. The molecule has 0 aliphatic heterocycles. The molecule has 2 aromatic rings. The van der Waals surface area contributed by atoms with Crippen LogP contribution in [0.5, 0.6) is 5.75 Å². The van der Waals surface area contributed by atoms with Crippen LogP contribution in [0, 0.1) is 15.9 Å². The molecular weight excluding hydrogens is 263 g/mol. The molecule has 0 saturated carbocycles. The summed E-state index contributed by atoms with van der Waals surface area (Å²) in [5.41, 5.74) is 0.722. The number of nitro benzene ring substituents is 1. The fourth-order valence-electron chi connectivity index (χ4n) is 1.82. The molecule has 6 heteroatoms. The normalized spacial score (nSPS) is 11.9. The number of nitrogens with one attached hydrogen (secondary N) is 1. The molecule has 104 valence electrons. The van der Waals surface area contributed by atoms with E-state index in [1.54, 1.807) is 19.1 Å². The number of halogens is 1. The largest absolute Gasteiger partial charge is 0.508 e. The first-order valence-corrected chi connectivity index (χ1v) is 5.97. The lowest BCUT2D eigenvalue weighted by atomic mass is 10.1. The van der Waals surface area contributed by atoms with Crippen LogP contribution in [-0.4, -0.2) is 10.0 Å². The van der Waals surface area contributed by atoms with Crippen LogP contribution in [0.25, 0.3) is 0 Å². The maximum Gasteiger partial charge on any atom is 0.271 e. The third-order valence-electron chi connectivity index (χ3n) is 2.93. The Hall–Kier alpha value is -2.63. The van der Waals surface area contributed by atoms with Crippen molar-refractivity contribution in [3.63, 3.8) is 0 Å². The molecule has 0 aliphatic carbocycles. The summed E-state index contributed by atoms with van der Waals surface area (Å²) in [7, 11) is 0. The van der Waals surface area contributed by atoms with Gasteiger partial charge in [0.15, 0.2) is 0 Å². The minimum absolute atomic E-state index is 0.0692. The molecule has 0 heterocycles. The second-order valence-corrected chi connectivity index (χ2v) is 4.38. The van der Waals surface area contributed by atoms with Crippen LogP contribution < -0.4 is 5.32 Å². The topological polar surface area (TPSA) is 75.4 Å².